The second-order valence-corrected chi connectivity index (χ2v) is 5.24. The molecule has 102 valence electrons. The van der Waals surface area contributed by atoms with Gasteiger partial charge in [0, 0.05) is 32.7 Å². The third-order valence-electron chi connectivity index (χ3n) is 3.85. The molecule has 1 aromatic rings. The zero-order chi connectivity index (χ0) is 13.4. The molecule has 2 heterocycles. The molecule has 2 aliphatic rings. The van der Waals surface area contributed by atoms with Gasteiger partial charge in [-0.25, -0.2) is 0 Å². The van der Waals surface area contributed by atoms with Crippen LogP contribution in [-0.4, -0.2) is 51.1 Å². The topological polar surface area (TPSA) is 44.8 Å². The molecule has 0 aliphatic carbocycles. The lowest BCUT2D eigenvalue weighted by molar-refractivity contribution is -0.120. The van der Waals surface area contributed by atoms with E-state index < -0.39 is 0 Å². The SMILES string of the molecule is CN1CCNC(c2ccc3c(c2)OCC(=O)N3C)C1. The highest BCUT2D eigenvalue weighted by atomic mass is 16.5. The highest BCUT2D eigenvalue weighted by molar-refractivity contribution is 5.97. The molecule has 0 radical (unpaired) electrons. The number of carbonyl (C=O) groups is 1. The molecule has 0 aromatic heterocycles. The zero-order valence-corrected chi connectivity index (χ0v) is 11.3. The van der Waals surface area contributed by atoms with Gasteiger partial charge >= 0.3 is 0 Å². The van der Waals surface area contributed by atoms with Crippen LogP contribution < -0.4 is 15.0 Å². The van der Waals surface area contributed by atoms with Gasteiger partial charge in [-0.2, -0.15) is 0 Å². The molecule has 1 atom stereocenters. The van der Waals surface area contributed by atoms with Gasteiger partial charge in [0.1, 0.15) is 5.75 Å². The van der Waals surface area contributed by atoms with Crippen LogP contribution in [0.2, 0.25) is 0 Å². The predicted molar refractivity (Wildman–Crippen MR) is 73.6 cm³/mol. The molecule has 0 saturated carbocycles. The molecule has 5 nitrogen and oxygen atoms in total. The van der Waals surface area contributed by atoms with E-state index in [0.29, 0.717) is 6.04 Å². The van der Waals surface area contributed by atoms with E-state index in [1.807, 2.05) is 6.07 Å². The van der Waals surface area contributed by atoms with E-state index in [1.54, 1.807) is 11.9 Å². The molecule has 1 fully saturated rings. The van der Waals surface area contributed by atoms with Crippen LogP contribution >= 0.6 is 0 Å². The lowest BCUT2D eigenvalue weighted by Crippen LogP contribution is -2.43. The number of likely N-dealkylation sites (N-methyl/N-ethyl adjacent to an activating group) is 2. The summed E-state index contributed by atoms with van der Waals surface area (Å²) in [6.07, 6.45) is 0. The van der Waals surface area contributed by atoms with E-state index in [9.17, 15) is 4.79 Å². The number of nitrogens with zero attached hydrogens (tertiary/aromatic N) is 2. The molecule has 1 aromatic carbocycles. The van der Waals surface area contributed by atoms with Crippen LogP contribution in [0, 0.1) is 0 Å². The summed E-state index contributed by atoms with van der Waals surface area (Å²) in [6, 6.07) is 6.43. The Morgan fingerprint density at radius 1 is 1.37 bits per heavy atom. The minimum atomic E-state index is -0.00391. The number of hydrogen-bond acceptors (Lipinski definition) is 4. The summed E-state index contributed by atoms with van der Waals surface area (Å²) in [4.78, 5) is 15.5. The van der Waals surface area contributed by atoms with Gasteiger partial charge in [0.25, 0.3) is 5.91 Å². The Labute approximate surface area is 113 Å². The Morgan fingerprint density at radius 3 is 3.00 bits per heavy atom. The summed E-state index contributed by atoms with van der Waals surface area (Å²) in [5, 5.41) is 3.51. The number of ether oxygens (including phenoxy) is 1. The predicted octanol–water partition coefficient (Wildman–Crippen LogP) is 0.618. The number of amides is 1. The Balaban J connectivity index is 1.87. The fourth-order valence-corrected chi connectivity index (χ4v) is 2.63. The first kappa shape index (κ1) is 12.4. The Hall–Kier alpha value is -1.59. The van der Waals surface area contributed by atoms with Crippen LogP contribution in [0.4, 0.5) is 5.69 Å². The van der Waals surface area contributed by atoms with Gasteiger partial charge in [-0.1, -0.05) is 6.07 Å². The fraction of sp³-hybridized carbons (Fsp3) is 0.500. The van der Waals surface area contributed by atoms with Crippen molar-refractivity contribution in [2.75, 3.05) is 45.2 Å². The number of rotatable bonds is 1. The molecule has 2 aliphatic heterocycles. The summed E-state index contributed by atoms with van der Waals surface area (Å²) in [6.45, 7) is 3.20. The first-order valence-corrected chi connectivity index (χ1v) is 6.60. The molecule has 0 spiro atoms. The Bertz CT molecular complexity index is 503. The van der Waals surface area contributed by atoms with E-state index in [-0.39, 0.29) is 12.5 Å². The molecule has 1 saturated heterocycles. The number of benzene rings is 1. The Kier molecular flexibility index (Phi) is 3.16. The van der Waals surface area contributed by atoms with Gasteiger partial charge in [-0.3, -0.25) is 4.79 Å². The first-order chi connectivity index (χ1) is 9.15. The standard InChI is InChI=1S/C14H19N3O2/c1-16-6-5-15-11(8-16)10-3-4-12-13(7-10)19-9-14(18)17(12)2/h3-4,7,11,15H,5-6,8-9H2,1-2H3. The van der Waals surface area contributed by atoms with Crippen molar-refractivity contribution in [1.82, 2.24) is 10.2 Å². The van der Waals surface area contributed by atoms with Crippen molar-refractivity contribution in [2.45, 2.75) is 6.04 Å². The lowest BCUT2D eigenvalue weighted by Gasteiger charge is -2.32. The van der Waals surface area contributed by atoms with E-state index in [0.717, 1.165) is 31.1 Å². The average molecular weight is 261 g/mol. The largest absolute Gasteiger partial charge is 0.482 e. The quantitative estimate of drug-likeness (QED) is 0.805. The van der Waals surface area contributed by atoms with Gasteiger partial charge in [0.05, 0.1) is 5.69 Å². The fourth-order valence-electron chi connectivity index (χ4n) is 2.63. The van der Waals surface area contributed by atoms with Crippen LogP contribution in [0.3, 0.4) is 0 Å². The summed E-state index contributed by atoms with van der Waals surface area (Å²) >= 11 is 0. The third kappa shape index (κ3) is 2.31. The average Bonchev–Trinajstić information content (AvgIpc) is 2.43. The van der Waals surface area contributed by atoms with Gasteiger partial charge in [-0.15, -0.1) is 0 Å². The van der Waals surface area contributed by atoms with Crippen LogP contribution in [0.25, 0.3) is 0 Å². The summed E-state index contributed by atoms with van der Waals surface area (Å²) in [5.74, 6) is 0.797. The van der Waals surface area contributed by atoms with E-state index in [1.165, 1.54) is 5.56 Å². The number of nitrogens with one attached hydrogen (secondary N) is 1. The van der Waals surface area contributed by atoms with Crippen molar-refractivity contribution in [1.29, 1.82) is 0 Å². The third-order valence-corrected chi connectivity index (χ3v) is 3.85. The molecular weight excluding hydrogens is 242 g/mol. The summed E-state index contributed by atoms with van der Waals surface area (Å²) in [5.41, 5.74) is 2.07. The summed E-state index contributed by atoms with van der Waals surface area (Å²) in [7, 11) is 3.92. The van der Waals surface area contributed by atoms with Crippen molar-refractivity contribution < 1.29 is 9.53 Å². The van der Waals surface area contributed by atoms with Crippen molar-refractivity contribution in [3.8, 4) is 5.75 Å². The molecule has 1 N–H and O–H groups in total. The lowest BCUT2D eigenvalue weighted by atomic mass is 10.0. The highest BCUT2D eigenvalue weighted by Crippen LogP contribution is 2.33. The van der Waals surface area contributed by atoms with Crippen LogP contribution in [0.5, 0.6) is 5.75 Å². The monoisotopic (exact) mass is 261 g/mol. The van der Waals surface area contributed by atoms with E-state index in [2.05, 4.69) is 29.4 Å². The van der Waals surface area contributed by atoms with Crippen molar-refractivity contribution in [3.05, 3.63) is 23.8 Å². The molecule has 3 rings (SSSR count). The number of anilines is 1. The molecule has 1 unspecified atom stereocenters. The second-order valence-electron chi connectivity index (χ2n) is 5.24. The number of hydrogen-bond donors (Lipinski definition) is 1. The zero-order valence-electron chi connectivity index (χ0n) is 11.3. The van der Waals surface area contributed by atoms with Gasteiger partial charge in [-0.05, 0) is 24.7 Å². The maximum absolute atomic E-state index is 11.6. The van der Waals surface area contributed by atoms with Gasteiger partial charge < -0.3 is 19.9 Å². The maximum atomic E-state index is 11.6. The van der Waals surface area contributed by atoms with Crippen LogP contribution in [0.1, 0.15) is 11.6 Å². The minimum Gasteiger partial charge on any atom is -0.482 e. The number of carbonyl (C=O) groups excluding carboxylic acids is 1. The van der Waals surface area contributed by atoms with Crippen molar-refractivity contribution in [3.63, 3.8) is 0 Å². The minimum absolute atomic E-state index is 0.00391. The Morgan fingerprint density at radius 2 is 2.21 bits per heavy atom. The summed E-state index contributed by atoms with van der Waals surface area (Å²) < 4.78 is 5.53. The molecule has 19 heavy (non-hydrogen) atoms. The van der Waals surface area contributed by atoms with Crippen LogP contribution in [0.15, 0.2) is 18.2 Å². The molecular formula is C14H19N3O2. The van der Waals surface area contributed by atoms with Gasteiger partial charge in [0.15, 0.2) is 6.61 Å². The van der Waals surface area contributed by atoms with Gasteiger partial charge in [0.2, 0.25) is 0 Å². The number of fused-ring (bicyclic) bond motifs is 1. The molecule has 5 heteroatoms. The number of piperazine rings is 1. The smallest absolute Gasteiger partial charge is 0.264 e. The van der Waals surface area contributed by atoms with Crippen molar-refractivity contribution >= 4 is 11.6 Å². The molecule has 0 bridgehead atoms. The van der Waals surface area contributed by atoms with E-state index in [4.69, 9.17) is 4.74 Å². The molecule has 1 amide bonds. The first-order valence-electron chi connectivity index (χ1n) is 6.60. The van der Waals surface area contributed by atoms with Crippen LogP contribution in [-0.2, 0) is 4.79 Å². The second kappa shape index (κ2) is 4.83. The highest BCUT2D eigenvalue weighted by Gasteiger charge is 2.24. The van der Waals surface area contributed by atoms with E-state index >= 15 is 0 Å². The van der Waals surface area contributed by atoms with Crippen molar-refractivity contribution in [2.24, 2.45) is 0 Å². The normalized spacial score (nSPS) is 24.0. The maximum Gasteiger partial charge on any atom is 0.264 e.